The van der Waals surface area contributed by atoms with E-state index in [2.05, 4.69) is 29.2 Å². The lowest BCUT2D eigenvalue weighted by Gasteiger charge is -2.10. The zero-order chi connectivity index (χ0) is 15.4. The lowest BCUT2D eigenvalue weighted by Crippen LogP contribution is -2.19. The van der Waals surface area contributed by atoms with Crippen LogP contribution in [0.4, 0.5) is 0 Å². The summed E-state index contributed by atoms with van der Waals surface area (Å²) in [4.78, 5) is 4.26. The molecule has 0 amide bonds. The van der Waals surface area contributed by atoms with Gasteiger partial charge in [-0.25, -0.2) is 4.68 Å². The zero-order valence-electron chi connectivity index (χ0n) is 13.5. The molecule has 2 rings (SSSR count). The number of hydrogen-bond donors (Lipinski definition) is 1. The second-order valence-electron chi connectivity index (χ2n) is 5.75. The van der Waals surface area contributed by atoms with Crippen LogP contribution in [0.5, 0.6) is 11.6 Å². The number of nitrogens with one attached hydrogen (secondary N) is 1. The Hall–Kier alpha value is -1.88. The molecule has 0 aliphatic rings. The van der Waals surface area contributed by atoms with Gasteiger partial charge in [0.2, 0.25) is 5.88 Å². The molecule has 0 radical (unpaired) electrons. The minimum atomic E-state index is 0.618. The molecule has 0 bridgehead atoms. The van der Waals surface area contributed by atoms with Crippen LogP contribution in [0.25, 0.3) is 0 Å². The highest BCUT2D eigenvalue weighted by atomic mass is 16.5. The molecule has 2 aromatic rings. The molecule has 0 unspecified atom stereocenters. The van der Waals surface area contributed by atoms with E-state index in [0.29, 0.717) is 5.92 Å². The summed E-state index contributed by atoms with van der Waals surface area (Å²) < 4.78 is 7.75. The molecule has 0 aliphatic carbocycles. The molecule has 1 N–H and O–H groups in total. The van der Waals surface area contributed by atoms with Gasteiger partial charge in [0.05, 0.1) is 17.5 Å². The highest BCUT2D eigenvalue weighted by Crippen LogP contribution is 2.26. The maximum Gasteiger partial charge on any atom is 0.222 e. The molecule has 0 aromatic carbocycles. The van der Waals surface area contributed by atoms with Crippen molar-refractivity contribution < 1.29 is 4.74 Å². The predicted molar refractivity (Wildman–Crippen MR) is 83.5 cm³/mol. The van der Waals surface area contributed by atoms with Crippen molar-refractivity contribution >= 4 is 0 Å². The summed E-state index contributed by atoms with van der Waals surface area (Å²) in [6, 6.07) is 3.87. The van der Waals surface area contributed by atoms with Crippen molar-refractivity contribution in [1.29, 1.82) is 0 Å². The van der Waals surface area contributed by atoms with Crippen molar-refractivity contribution in [2.24, 2.45) is 13.0 Å². The van der Waals surface area contributed by atoms with Gasteiger partial charge in [0.15, 0.2) is 0 Å². The van der Waals surface area contributed by atoms with E-state index in [1.807, 2.05) is 33.0 Å². The van der Waals surface area contributed by atoms with Gasteiger partial charge < -0.3 is 10.1 Å². The molecule has 0 aliphatic heterocycles. The van der Waals surface area contributed by atoms with Gasteiger partial charge in [-0.2, -0.15) is 5.10 Å². The first kappa shape index (κ1) is 15.5. The maximum absolute atomic E-state index is 5.97. The molecular formula is C16H24N4O. The average molecular weight is 288 g/mol. The molecule has 2 aromatic heterocycles. The quantitative estimate of drug-likeness (QED) is 0.888. The van der Waals surface area contributed by atoms with Crippen molar-refractivity contribution in [2.75, 3.05) is 6.54 Å². The molecule has 2 heterocycles. The van der Waals surface area contributed by atoms with Crippen molar-refractivity contribution in [1.82, 2.24) is 20.1 Å². The van der Waals surface area contributed by atoms with Crippen LogP contribution in [-0.4, -0.2) is 21.3 Å². The Balaban J connectivity index is 2.16. The van der Waals surface area contributed by atoms with E-state index in [1.165, 1.54) is 0 Å². The largest absolute Gasteiger partial charge is 0.437 e. The second-order valence-corrected chi connectivity index (χ2v) is 5.75. The Labute approximate surface area is 126 Å². The van der Waals surface area contributed by atoms with Crippen LogP contribution < -0.4 is 10.1 Å². The summed E-state index contributed by atoms with van der Waals surface area (Å²) >= 11 is 0. The number of hydrogen-bond acceptors (Lipinski definition) is 4. The van der Waals surface area contributed by atoms with Crippen LogP contribution in [0.15, 0.2) is 18.3 Å². The highest BCUT2D eigenvalue weighted by Gasteiger charge is 2.15. The topological polar surface area (TPSA) is 52.0 Å². The zero-order valence-corrected chi connectivity index (χ0v) is 13.5. The van der Waals surface area contributed by atoms with E-state index in [1.54, 1.807) is 10.9 Å². The van der Waals surface area contributed by atoms with Gasteiger partial charge >= 0.3 is 0 Å². The third-order valence-electron chi connectivity index (χ3n) is 3.24. The molecular weight excluding hydrogens is 264 g/mol. The Bertz CT molecular complexity index is 587. The third kappa shape index (κ3) is 4.04. The van der Waals surface area contributed by atoms with Crippen LogP contribution in [0.3, 0.4) is 0 Å². The Morgan fingerprint density at radius 2 is 2.05 bits per heavy atom. The van der Waals surface area contributed by atoms with Crippen molar-refractivity contribution in [3.63, 3.8) is 0 Å². The fourth-order valence-corrected chi connectivity index (χ4v) is 2.12. The minimum absolute atomic E-state index is 0.618. The fraction of sp³-hybridized carbons (Fsp3) is 0.500. The Kier molecular flexibility index (Phi) is 4.96. The number of aromatic nitrogens is 3. The average Bonchev–Trinajstić information content (AvgIpc) is 2.68. The lowest BCUT2D eigenvalue weighted by molar-refractivity contribution is 0.421. The second kappa shape index (κ2) is 6.72. The normalized spacial score (nSPS) is 11.1. The van der Waals surface area contributed by atoms with Crippen LogP contribution in [0.1, 0.15) is 30.8 Å². The molecule has 0 spiro atoms. The number of rotatable bonds is 6. The van der Waals surface area contributed by atoms with Gasteiger partial charge in [0.25, 0.3) is 0 Å². The first-order valence-electron chi connectivity index (χ1n) is 7.31. The highest BCUT2D eigenvalue weighted by molar-refractivity contribution is 5.35. The first-order chi connectivity index (χ1) is 9.97. The lowest BCUT2D eigenvalue weighted by atomic mass is 10.2. The van der Waals surface area contributed by atoms with Gasteiger partial charge in [-0.1, -0.05) is 13.8 Å². The molecule has 0 saturated heterocycles. The van der Waals surface area contributed by atoms with Crippen LogP contribution >= 0.6 is 0 Å². The van der Waals surface area contributed by atoms with Gasteiger partial charge in [0, 0.05) is 19.3 Å². The molecule has 5 nitrogen and oxygen atoms in total. The summed E-state index contributed by atoms with van der Waals surface area (Å²) in [5.74, 6) is 2.12. The summed E-state index contributed by atoms with van der Waals surface area (Å²) in [5.41, 5.74) is 3.06. The van der Waals surface area contributed by atoms with Crippen molar-refractivity contribution in [2.45, 2.75) is 34.2 Å². The summed E-state index contributed by atoms with van der Waals surface area (Å²) in [6.45, 7) is 10.1. The van der Waals surface area contributed by atoms with Crippen LogP contribution in [0, 0.1) is 19.8 Å². The number of aryl methyl sites for hydroxylation is 3. The van der Waals surface area contributed by atoms with E-state index >= 15 is 0 Å². The number of pyridine rings is 1. The number of nitrogens with zero attached hydrogens (tertiary/aromatic N) is 3. The van der Waals surface area contributed by atoms with Gasteiger partial charge in [-0.15, -0.1) is 0 Å². The smallest absolute Gasteiger partial charge is 0.222 e. The molecule has 21 heavy (non-hydrogen) atoms. The van der Waals surface area contributed by atoms with E-state index in [4.69, 9.17) is 4.74 Å². The molecule has 114 valence electrons. The van der Waals surface area contributed by atoms with Gasteiger partial charge in [-0.05, 0) is 38.4 Å². The minimum Gasteiger partial charge on any atom is -0.437 e. The van der Waals surface area contributed by atoms with E-state index in [-0.39, 0.29) is 0 Å². The van der Waals surface area contributed by atoms with Crippen molar-refractivity contribution in [3.05, 3.63) is 35.3 Å². The predicted octanol–water partition coefficient (Wildman–Crippen LogP) is 2.97. The molecule has 0 saturated carbocycles. The molecule has 5 heteroatoms. The molecule has 0 atom stereocenters. The fourth-order valence-electron chi connectivity index (χ4n) is 2.12. The SMILES string of the molecule is Cc1ccc(Oc2c(CNCC(C)C)c(C)nn2C)cn1. The summed E-state index contributed by atoms with van der Waals surface area (Å²) in [7, 11) is 1.90. The third-order valence-corrected chi connectivity index (χ3v) is 3.24. The van der Waals surface area contributed by atoms with Gasteiger partial charge in [-0.3, -0.25) is 4.98 Å². The van der Waals surface area contributed by atoms with E-state index < -0.39 is 0 Å². The van der Waals surface area contributed by atoms with E-state index in [0.717, 1.165) is 41.7 Å². The summed E-state index contributed by atoms with van der Waals surface area (Å²) in [5, 5.41) is 7.90. The van der Waals surface area contributed by atoms with Gasteiger partial charge in [0.1, 0.15) is 5.75 Å². The standard InChI is InChI=1S/C16H24N4O/c1-11(2)8-17-10-15-13(4)19-20(5)16(15)21-14-7-6-12(3)18-9-14/h6-7,9,11,17H,8,10H2,1-5H3. The monoisotopic (exact) mass is 288 g/mol. The first-order valence-corrected chi connectivity index (χ1v) is 7.31. The number of ether oxygens (including phenoxy) is 1. The van der Waals surface area contributed by atoms with Crippen molar-refractivity contribution in [3.8, 4) is 11.6 Å². The Morgan fingerprint density at radius 3 is 2.67 bits per heavy atom. The van der Waals surface area contributed by atoms with Crippen LogP contribution in [-0.2, 0) is 13.6 Å². The summed E-state index contributed by atoms with van der Waals surface area (Å²) in [6.07, 6.45) is 1.74. The van der Waals surface area contributed by atoms with E-state index in [9.17, 15) is 0 Å². The maximum atomic E-state index is 5.97. The molecule has 0 fully saturated rings. The Morgan fingerprint density at radius 1 is 1.29 bits per heavy atom. The van der Waals surface area contributed by atoms with Crippen LogP contribution in [0.2, 0.25) is 0 Å².